The zero-order chi connectivity index (χ0) is 13.1. The van der Waals surface area contributed by atoms with Crippen molar-refractivity contribution in [3.8, 4) is 0 Å². The Labute approximate surface area is 115 Å². The van der Waals surface area contributed by atoms with Gasteiger partial charge in [0.15, 0.2) is 0 Å². The Bertz CT molecular complexity index is 569. The lowest BCUT2D eigenvalue weighted by Crippen LogP contribution is -2.02. The molecule has 1 aromatic carbocycles. The van der Waals surface area contributed by atoms with E-state index in [-0.39, 0.29) is 0 Å². The van der Waals surface area contributed by atoms with E-state index in [9.17, 15) is 0 Å². The number of nitrogen functional groups attached to an aromatic ring is 1. The molecule has 94 valence electrons. The highest BCUT2D eigenvalue weighted by molar-refractivity contribution is 9.10. The minimum absolute atomic E-state index is 0.484. The summed E-state index contributed by atoms with van der Waals surface area (Å²) in [5, 5.41) is 3.24. The van der Waals surface area contributed by atoms with Crippen LogP contribution in [0.25, 0.3) is 0 Å². The van der Waals surface area contributed by atoms with Crippen LogP contribution in [0.3, 0.4) is 0 Å². The average Bonchev–Trinajstić information content (AvgIpc) is 2.33. The Kier molecular flexibility index (Phi) is 3.81. The first-order valence-corrected chi connectivity index (χ1v) is 6.54. The van der Waals surface area contributed by atoms with E-state index >= 15 is 0 Å². The van der Waals surface area contributed by atoms with Crippen LogP contribution in [0, 0.1) is 6.92 Å². The second kappa shape index (κ2) is 5.35. The van der Waals surface area contributed by atoms with Gasteiger partial charge in [0.05, 0.1) is 0 Å². The lowest BCUT2D eigenvalue weighted by atomic mass is 10.2. The van der Waals surface area contributed by atoms with Gasteiger partial charge in [0, 0.05) is 22.6 Å². The molecular formula is C13H15BrN4. The monoisotopic (exact) mass is 306 g/mol. The summed E-state index contributed by atoms with van der Waals surface area (Å²) in [6.07, 6.45) is 0.763. The summed E-state index contributed by atoms with van der Waals surface area (Å²) in [6.45, 7) is 4.05. The number of anilines is 3. The highest BCUT2D eigenvalue weighted by Crippen LogP contribution is 2.22. The first kappa shape index (κ1) is 12.8. The van der Waals surface area contributed by atoms with Crippen LogP contribution in [0.5, 0.6) is 0 Å². The van der Waals surface area contributed by atoms with E-state index in [0.29, 0.717) is 5.82 Å². The van der Waals surface area contributed by atoms with Crippen LogP contribution in [0.4, 0.5) is 17.3 Å². The Morgan fingerprint density at radius 3 is 2.72 bits per heavy atom. The van der Waals surface area contributed by atoms with Crippen LogP contribution in [-0.4, -0.2) is 9.97 Å². The smallest absolute Gasteiger partial charge is 0.136 e. The molecule has 18 heavy (non-hydrogen) atoms. The molecule has 0 spiro atoms. The van der Waals surface area contributed by atoms with Crippen molar-refractivity contribution in [2.75, 3.05) is 11.1 Å². The number of benzene rings is 1. The fraction of sp³-hybridized carbons (Fsp3) is 0.231. The molecule has 1 aromatic heterocycles. The van der Waals surface area contributed by atoms with Crippen molar-refractivity contribution in [3.63, 3.8) is 0 Å². The fourth-order valence-electron chi connectivity index (χ4n) is 1.61. The van der Waals surface area contributed by atoms with Gasteiger partial charge in [-0.15, -0.1) is 0 Å². The van der Waals surface area contributed by atoms with Crippen molar-refractivity contribution >= 4 is 33.3 Å². The summed E-state index contributed by atoms with van der Waals surface area (Å²) in [5.41, 5.74) is 7.89. The molecule has 0 fully saturated rings. The van der Waals surface area contributed by atoms with Crippen LogP contribution in [0.1, 0.15) is 18.3 Å². The maximum atomic E-state index is 5.74. The number of hydrogen-bond acceptors (Lipinski definition) is 4. The lowest BCUT2D eigenvalue weighted by Gasteiger charge is -2.09. The van der Waals surface area contributed by atoms with E-state index in [0.717, 1.165) is 33.8 Å². The molecule has 0 atom stereocenters. The summed E-state index contributed by atoms with van der Waals surface area (Å²) >= 11 is 3.48. The van der Waals surface area contributed by atoms with Gasteiger partial charge < -0.3 is 11.1 Å². The van der Waals surface area contributed by atoms with Gasteiger partial charge in [-0.25, -0.2) is 9.97 Å². The highest BCUT2D eigenvalue weighted by atomic mass is 79.9. The normalized spacial score (nSPS) is 10.4. The van der Waals surface area contributed by atoms with Crippen molar-refractivity contribution in [2.24, 2.45) is 0 Å². The van der Waals surface area contributed by atoms with Gasteiger partial charge in [0.25, 0.3) is 0 Å². The molecule has 4 nitrogen and oxygen atoms in total. The third-order valence-electron chi connectivity index (χ3n) is 2.54. The Balaban J connectivity index is 2.27. The van der Waals surface area contributed by atoms with Gasteiger partial charge in [-0.3, -0.25) is 0 Å². The van der Waals surface area contributed by atoms with Crippen LogP contribution < -0.4 is 11.1 Å². The second-order valence-corrected chi connectivity index (χ2v) is 4.89. The Morgan fingerprint density at radius 1 is 1.28 bits per heavy atom. The maximum Gasteiger partial charge on any atom is 0.136 e. The maximum absolute atomic E-state index is 5.74. The fourth-order valence-corrected chi connectivity index (χ4v) is 1.86. The number of halogens is 1. The predicted octanol–water partition coefficient (Wildman–Crippen LogP) is 3.44. The number of nitrogens with two attached hydrogens (primary N) is 1. The number of aryl methyl sites for hydroxylation is 2. The molecule has 0 aliphatic carbocycles. The summed E-state index contributed by atoms with van der Waals surface area (Å²) in [5.74, 6) is 1.95. The molecule has 1 heterocycles. The van der Waals surface area contributed by atoms with Gasteiger partial charge in [-0.05, 0) is 30.7 Å². The number of rotatable bonds is 3. The van der Waals surface area contributed by atoms with Crippen LogP contribution >= 0.6 is 15.9 Å². The first-order chi connectivity index (χ1) is 8.58. The molecule has 0 aliphatic heterocycles. The molecule has 3 N–H and O–H groups in total. The molecule has 0 radical (unpaired) electrons. The molecule has 2 rings (SSSR count). The molecular weight excluding hydrogens is 292 g/mol. The van der Waals surface area contributed by atoms with Gasteiger partial charge in [-0.1, -0.05) is 22.9 Å². The van der Waals surface area contributed by atoms with Gasteiger partial charge in [-0.2, -0.15) is 0 Å². The van der Waals surface area contributed by atoms with Gasteiger partial charge >= 0.3 is 0 Å². The van der Waals surface area contributed by atoms with E-state index < -0.39 is 0 Å². The van der Waals surface area contributed by atoms with E-state index in [4.69, 9.17) is 5.73 Å². The van der Waals surface area contributed by atoms with Gasteiger partial charge in [0.2, 0.25) is 0 Å². The van der Waals surface area contributed by atoms with Crippen LogP contribution in [0.15, 0.2) is 28.7 Å². The highest BCUT2D eigenvalue weighted by Gasteiger charge is 2.03. The molecule has 0 amide bonds. The minimum Gasteiger partial charge on any atom is -0.384 e. The molecule has 0 aliphatic rings. The van der Waals surface area contributed by atoms with Crippen molar-refractivity contribution in [1.29, 1.82) is 0 Å². The quantitative estimate of drug-likeness (QED) is 0.912. The lowest BCUT2D eigenvalue weighted by molar-refractivity contribution is 0.948. The van der Waals surface area contributed by atoms with Crippen LogP contribution in [0.2, 0.25) is 0 Å². The summed E-state index contributed by atoms with van der Waals surface area (Å²) in [4.78, 5) is 8.53. The summed E-state index contributed by atoms with van der Waals surface area (Å²) < 4.78 is 1.09. The number of aromatic nitrogens is 2. The molecule has 0 saturated heterocycles. The second-order valence-electron chi connectivity index (χ2n) is 4.04. The van der Waals surface area contributed by atoms with E-state index in [1.165, 1.54) is 0 Å². The molecule has 0 unspecified atom stereocenters. The van der Waals surface area contributed by atoms with Crippen LogP contribution in [-0.2, 0) is 6.42 Å². The van der Waals surface area contributed by atoms with Crippen molar-refractivity contribution < 1.29 is 0 Å². The minimum atomic E-state index is 0.484. The largest absolute Gasteiger partial charge is 0.384 e. The number of nitrogens with zero attached hydrogens (tertiary/aromatic N) is 2. The Hall–Kier alpha value is -1.62. The third kappa shape index (κ3) is 2.98. The van der Waals surface area contributed by atoms with Crippen molar-refractivity contribution in [2.45, 2.75) is 20.3 Å². The standard InChI is InChI=1S/C13H15BrN4/c1-3-12-17-11(15)7-13(18-12)16-9-4-5-10(14)8(2)6-9/h4-7H,3H2,1-2H3,(H3,15,16,17,18). The van der Waals surface area contributed by atoms with E-state index in [2.05, 4.69) is 31.2 Å². The molecule has 5 heteroatoms. The SMILES string of the molecule is CCc1nc(N)cc(Nc2ccc(Br)c(C)c2)n1. The van der Waals surface area contributed by atoms with Gasteiger partial charge in [0.1, 0.15) is 17.5 Å². The number of hydrogen-bond donors (Lipinski definition) is 2. The average molecular weight is 307 g/mol. The third-order valence-corrected chi connectivity index (χ3v) is 3.43. The topological polar surface area (TPSA) is 63.8 Å². The van der Waals surface area contributed by atoms with E-state index in [1.54, 1.807) is 6.07 Å². The van der Waals surface area contributed by atoms with Crippen molar-refractivity contribution in [3.05, 3.63) is 40.1 Å². The first-order valence-electron chi connectivity index (χ1n) is 5.75. The van der Waals surface area contributed by atoms with Crippen molar-refractivity contribution in [1.82, 2.24) is 9.97 Å². The predicted molar refractivity (Wildman–Crippen MR) is 78.0 cm³/mol. The summed E-state index contributed by atoms with van der Waals surface area (Å²) in [6, 6.07) is 7.77. The molecule has 2 aromatic rings. The molecule has 0 saturated carbocycles. The summed E-state index contributed by atoms with van der Waals surface area (Å²) in [7, 11) is 0. The Morgan fingerprint density at radius 2 is 2.06 bits per heavy atom. The number of nitrogens with one attached hydrogen (secondary N) is 1. The molecule has 0 bridgehead atoms. The zero-order valence-corrected chi connectivity index (χ0v) is 12.0. The van der Waals surface area contributed by atoms with E-state index in [1.807, 2.05) is 32.0 Å². The zero-order valence-electron chi connectivity index (χ0n) is 10.4.